The lowest BCUT2D eigenvalue weighted by Crippen LogP contribution is -2.49. The third-order valence-corrected chi connectivity index (χ3v) is 10.5. The molecule has 0 heterocycles. The van der Waals surface area contributed by atoms with Gasteiger partial charge in [0.1, 0.15) is 0 Å². The van der Waals surface area contributed by atoms with Crippen molar-refractivity contribution < 1.29 is 22.6 Å². The van der Waals surface area contributed by atoms with Gasteiger partial charge < -0.3 is 10.6 Å². The number of rotatable bonds is 10. The van der Waals surface area contributed by atoms with Gasteiger partial charge in [0.15, 0.2) is 0 Å². The second-order valence-corrected chi connectivity index (χ2v) is 15.3. The number of amides is 2. The Morgan fingerprint density at radius 3 is 2.00 bits per heavy atom. The molecule has 4 aliphatic carbocycles. The van der Waals surface area contributed by atoms with Gasteiger partial charge in [0.25, 0.3) is 16.0 Å². The van der Waals surface area contributed by atoms with E-state index >= 15 is 0 Å². The third kappa shape index (κ3) is 7.39. The zero-order chi connectivity index (χ0) is 29.4. The molecule has 222 valence electrons. The summed E-state index contributed by atoms with van der Waals surface area (Å²) in [5.41, 5.74) is 3.55. The summed E-state index contributed by atoms with van der Waals surface area (Å²) in [6.45, 7) is 7.12. The van der Waals surface area contributed by atoms with Crippen LogP contribution in [0.2, 0.25) is 0 Å². The van der Waals surface area contributed by atoms with Crippen LogP contribution in [0.1, 0.15) is 85.8 Å². The van der Waals surface area contributed by atoms with Crippen LogP contribution >= 0.6 is 0 Å². The van der Waals surface area contributed by atoms with Crippen molar-refractivity contribution in [1.29, 1.82) is 0 Å². The monoisotopic (exact) mass is 580 g/mol. The Labute approximate surface area is 244 Å². The van der Waals surface area contributed by atoms with Gasteiger partial charge in [-0.1, -0.05) is 57.2 Å². The first-order valence-corrected chi connectivity index (χ1v) is 16.7. The molecule has 4 aliphatic rings. The van der Waals surface area contributed by atoms with Gasteiger partial charge >= 0.3 is 0 Å². The molecule has 1 unspecified atom stereocenters. The minimum Gasteiger partial charge on any atom is -0.355 e. The van der Waals surface area contributed by atoms with Gasteiger partial charge in [0.05, 0.1) is 11.7 Å². The minimum absolute atomic E-state index is 0.0214. The summed E-state index contributed by atoms with van der Waals surface area (Å²) >= 11 is 0. The molecule has 0 spiro atoms. The zero-order valence-corrected chi connectivity index (χ0v) is 25.3. The molecule has 2 aromatic carbocycles. The highest BCUT2D eigenvalue weighted by Crippen LogP contribution is 2.56. The zero-order valence-electron chi connectivity index (χ0n) is 24.4. The fourth-order valence-electron chi connectivity index (χ4n) is 7.71. The van der Waals surface area contributed by atoms with Gasteiger partial charge in [-0.15, -0.1) is 0 Å². The van der Waals surface area contributed by atoms with Gasteiger partial charge in [0, 0.05) is 18.7 Å². The van der Waals surface area contributed by atoms with E-state index in [0.717, 1.165) is 41.3 Å². The lowest BCUT2D eigenvalue weighted by molar-refractivity contribution is -0.123. The maximum absolute atomic E-state index is 13.8. The smallest absolute Gasteiger partial charge is 0.266 e. The molecule has 0 saturated heterocycles. The molecule has 1 atom stereocenters. The highest BCUT2D eigenvalue weighted by atomic mass is 32.2. The van der Waals surface area contributed by atoms with E-state index in [2.05, 4.69) is 55.7 Å². The average molecular weight is 581 g/mol. The summed E-state index contributed by atoms with van der Waals surface area (Å²) < 4.78 is 30.7. The van der Waals surface area contributed by atoms with Crippen LogP contribution in [0.3, 0.4) is 0 Å². The SMILES string of the molecule is CC(C)(C)c1ccc(C(Cc2ccc(C(=O)NCCS(=O)(=O)O)cc2)C(=O)NCC2C3CC4CC(C3)CC2C4)cc1. The Morgan fingerprint density at radius 2 is 1.46 bits per heavy atom. The lowest BCUT2D eigenvalue weighted by Gasteiger charge is -2.54. The van der Waals surface area contributed by atoms with Gasteiger partial charge in [0.2, 0.25) is 5.91 Å². The largest absolute Gasteiger partial charge is 0.355 e. The van der Waals surface area contributed by atoms with Crippen molar-refractivity contribution in [2.75, 3.05) is 18.8 Å². The number of carbonyl (C=O) groups excluding carboxylic acids is 2. The number of hydrogen-bond donors (Lipinski definition) is 3. The fourth-order valence-corrected chi connectivity index (χ4v) is 8.07. The van der Waals surface area contributed by atoms with Crippen molar-refractivity contribution in [2.45, 2.75) is 70.6 Å². The number of carbonyl (C=O) groups is 2. The second-order valence-electron chi connectivity index (χ2n) is 13.7. The van der Waals surface area contributed by atoms with Crippen LogP contribution in [0.15, 0.2) is 48.5 Å². The topological polar surface area (TPSA) is 113 Å². The predicted octanol–water partition coefficient (Wildman–Crippen LogP) is 5.12. The Hall–Kier alpha value is -2.71. The molecule has 4 bridgehead atoms. The molecule has 2 amide bonds. The van der Waals surface area contributed by atoms with Crippen LogP contribution in [0.4, 0.5) is 0 Å². The molecule has 41 heavy (non-hydrogen) atoms. The van der Waals surface area contributed by atoms with E-state index in [-0.39, 0.29) is 23.8 Å². The fraction of sp³-hybridized carbons (Fsp3) is 0.576. The van der Waals surface area contributed by atoms with Crippen molar-refractivity contribution in [1.82, 2.24) is 10.6 Å². The molecule has 4 saturated carbocycles. The molecule has 4 fully saturated rings. The number of benzene rings is 2. The number of hydrogen-bond acceptors (Lipinski definition) is 4. The summed E-state index contributed by atoms with van der Waals surface area (Å²) in [5.74, 6) is 2.67. The number of nitrogens with one attached hydrogen (secondary N) is 2. The average Bonchev–Trinajstić information content (AvgIpc) is 2.90. The first-order chi connectivity index (χ1) is 19.4. The molecule has 8 heteroatoms. The van der Waals surface area contributed by atoms with Crippen molar-refractivity contribution in [2.24, 2.45) is 29.6 Å². The van der Waals surface area contributed by atoms with Gasteiger partial charge in [-0.2, -0.15) is 8.42 Å². The standard InChI is InChI=1S/C33H44N2O5S/c1-33(2,3)28-10-8-24(9-11-28)29(19-21-4-6-25(7-5-21)31(36)34-12-13-41(38,39)40)32(37)35-20-30-26-15-22-14-23(17-26)18-27(30)16-22/h4-11,22-23,26-27,29-30H,12-20H2,1-3H3,(H,34,36)(H,35,37)(H,38,39,40). The molecule has 0 aliphatic heterocycles. The van der Waals surface area contributed by atoms with Gasteiger partial charge in [-0.3, -0.25) is 14.1 Å². The van der Waals surface area contributed by atoms with Crippen LogP contribution in [0.5, 0.6) is 0 Å². The predicted molar refractivity (Wildman–Crippen MR) is 160 cm³/mol. The van der Waals surface area contributed by atoms with Crippen molar-refractivity contribution >= 4 is 21.9 Å². The molecular formula is C33H44N2O5S. The van der Waals surface area contributed by atoms with E-state index < -0.39 is 21.8 Å². The summed E-state index contributed by atoms with van der Waals surface area (Å²) in [6, 6.07) is 15.4. The molecule has 6 rings (SSSR count). The van der Waals surface area contributed by atoms with E-state index in [4.69, 9.17) is 4.55 Å². The van der Waals surface area contributed by atoms with E-state index in [1.54, 1.807) is 12.1 Å². The van der Waals surface area contributed by atoms with Crippen LogP contribution in [0.25, 0.3) is 0 Å². The Kier molecular flexibility index (Phi) is 8.63. The Bertz CT molecular complexity index is 1320. The van der Waals surface area contributed by atoms with E-state index in [1.807, 2.05) is 12.1 Å². The molecule has 3 N–H and O–H groups in total. The summed E-state index contributed by atoms with van der Waals surface area (Å²) in [6.07, 6.45) is 7.26. The van der Waals surface area contributed by atoms with Gasteiger partial charge in [-0.25, -0.2) is 0 Å². The van der Waals surface area contributed by atoms with E-state index in [1.165, 1.54) is 37.7 Å². The van der Waals surface area contributed by atoms with Crippen LogP contribution in [-0.2, 0) is 26.7 Å². The molecule has 0 aromatic heterocycles. The maximum atomic E-state index is 13.8. The summed E-state index contributed by atoms with van der Waals surface area (Å²) in [5, 5.41) is 5.87. The van der Waals surface area contributed by atoms with Crippen LogP contribution in [-0.4, -0.2) is 43.6 Å². The normalized spacial score (nSPS) is 26.0. The second kappa shape index (κ2) is 11.9. The van der Waals surface area contributed by atoms with Gasteiger partial charge in [-0.05, 0) is 102 Å². The minimum atomic E-state index is -4.14. The summed E-state index contributed by atoms with van der Waals surface area (Å²) in [7, 11) is -4.14. The van der Waals surface area contributed by atoms with E-state index in [9.17, 15) is 18.0 Å². The Morgan fingerprint density at radius 1 is 0.878 bits per heavy atom. The first-order valence-electron chi connectivity index (χ1n) is 15.1. The molecule has 0 radical (unpaired) electrons. The summed E-state index contributed by atoms with van der Waals surface area (Å²) in [4.78, 5) is 26.2. The third-order valence-electron chi connectivity index (χ3n) is 9.73. The first kappa shape index (κ1) is 29.8. The highest BCUT2D eigenvalue weighted by molar-refractivity contribution is 7.85. The van der Waals surface area contributed by atoms with E-state index in [0.29, 0.717) is 17.9 Å². The van der Waals surface area contributed by atoms with Crippen molar-refractivity contribution in [3.05, 3.63) is 70.8 Å². The van der Waals surface area contributed by atoms with Crippen molar-refractivity contribution in [3.63, 3.8) is 0 Å². The molecular weight excluding hydrogens is 536 g/mol. The van der Waals surface area contributed by atoms with Crippen molar-refractivity contribution in [3.8, 4) is 0 Å². The maximum Gasteiger partial charge on any atom is 0.266 e. The molecule has 7 nitrogen and oxygen atoms in total. The van der Waals surface area contributed by atoms with Crippen LogP contribution in [0, 0.1) is 29.6 Å². The highest BCUT2D eigenvalue weighted by Gasteiger charge is 2.48. The van der Waals surface area contributed by atoms with Crippen LogP contribution < -0.4 is 10.6 Å². The molecule has 2 aromatic rings. The quantitative estimate of drug-likeness (QED) is 0.338. The Balaban J connectivity index is 1.28. The lowest BCUT2D eigenvalue weighted by atomic mass is 9.52.